The molecule has 0 unspecified atom stereocenters. The lowest BCUT2D eigenvalue weighted by atomic mass is 11.9. The minimum atomic E-state index is -2.60. The Balaban J connectivity index is 4.71. The Morgan fingerprint density at radius 1 is 0.857 bits per heavy atom. The SMILES string of the molecule is C[SiH]([Si](=O)[Si](=O)[SiH]=O)[Si](=O)[Si](=O)[SiH]=O. The molecule has 0 rings (SSSR count). The fraction of sp³-hybridized carbons (Fsp3) is 1.00. The summed E-state index contributed by atoms with van der Waals surface area (Å²) in [6, 6.07) is 0. The van der Waals surface area contributed by atoms with E-state index >= 15 is 0 Å². The Hall–Kier alpha value is 0.318. The van der Waals surface area contributed by atoms with E-state index in [1.54, 1.807) is 0 Å². The van der Waals surface area contributed by atoms with Gasteiger partial charge in [-0.15, -0.1) is 0 Å². The molecule has 0 heterocycles. The van der Waals surface area contributed by atoms with Gasteiger partial charge in [0.25, 0.3) is 0 Å². The topological polar surface area (TPSA) is 102 Å². The molecule has 0 aliphatic carbocycles. The zero-order valence-corrected chi connectivity index (χ0v) is 14.6. The lowest BCUT2D eigenvalue weighted by molar-refractivity contribution is 0.550. The Labute approximate surface area is 89.9 Å². The van der Waals surface area contributed by atoms with Crippen LogP contribution in [0.15, 0.2) is 0 Å². The van der Waals surface area contributed by atoms with Crippen molar-refractivity contribution in [2.45, 2.75) is 6.55 Å². The molecule has 74 valence electrons. The summed E-state index contributed by atoms with van der Waals surface area (Å²) >= 11 is 0. The Morgan fingerprint density at radius 2 is 1.14 bits per heavy atom. The molecule has 0 bridgehead atoms. The average Bonchev–Trinajstić information content (AvgIpc) is 2.23. The third-order valence-electron chi connectivity index (χ3n) is 1.49. The molecule has 0 aliphatic heterocycles. The van der Waals surface area contributed by atoms with Crippen LogP contribution in [0.3, 0.4) is 0 Å². The fourth-order valence-electron chi connectivity index (χ4n) is 0.662. The first-order chi connectivity index (χ1) is 6.45. The standard InChI is InChI=1S/CH6O6Si7/c1-10(13(6)11(4)8-2)14(7)12(5)9-3/h8-10H,1H3. The van der Waals surface area contributed by atoms with Crippen LogP contribution < -0.4 is 0 Å². The van der Waals surface area contributed by atoms with Gasteiger partial charge < -0.3 is 26.8 Å². The van der Waals surface area contributed by atoms with Crippen LogP contribution in [-0.4, -0.2) is 56.6 Å². The molecule has 0 spiro atoms. The van der Waals surface area contributed by atoms with E-state index in [9.17, 15) is 26.8 Å². The van der Waals surface area contributed by atoms with Gasteiger partial charge in [0.2, 0.25) is 0 Å². The highest BCUT2D eigenvalue weighted by atomic mass is 30.0. The van der Waals surface area contributed by atoms with Crippen LogP contribution in [-0.2, 0) is 26.8 Å². The zero-order chi connectivity index (χ0) is 11.3. The average molecular weight is 311 g/mol. The molecule has 0 radical (unpaired) electrons. The second kappa shape index (κ2) is 6.74. The summed E-state index contributed by atoms with van der Waals surface area (Å²) < 4.78 is 65.2. The Morgan fingerprint density at radius 3 is 1.36 bits per heavy atom. The van der Waals surface area contributed by atoms with E-state index in [2.05, 4.69) is 0 Å². The first kappa shape index (κ1) is 14.3. The summed E-state index contributed by atoms with van der Waals surface area (Å²) in [4.78, 5) is 0. The van der Waals surface area contributed by atoms with Gasteiger partial charge in [0.1, 0.15) is 0 Å². The summed E-state index contributed by atoms with van der Waals surface area (Å²) in [5, 5.41) is 0. The fourth-order valence-corrected chi connectivity index (χ4v) is 62.7. The third kappa shape index (κ3) is 3.82. The number of hydrogen-bond donors (Lipinski definition) is 0. The normalized spacial score (nSPS) is 9.29. The maximum Gasteiger partial charge on any atom is 0.366 e. The lowest BCUT2D eigenvalue weighted by Crippen LogP contribution is -2.48. The van der Waals surface area contributed by atoms with Crippen LogP contribution in [0.1, 0.15) is 0 Å². The molecule has 0 atom stereocenters. The predicted octanol–water partition coefficient (Wildman–Crippen LogP) is -3.60. The van der Waals surface area contributed by atoms with Gasteiger partial charge in [-0.25, -0.2) is 0 Å². The molecular weight excluding hydrogens is 305 g/mol. The Bertz CT molecular complexity index is 299. The van der Waals surface area contributed by atoms with Crippen molar-refractivity contribution in [3.63, 3.8) is 0 Å². The van der Waals surface area contributed by atoms with Gasteiger partial charge >= 0.3 is 48.7 Å². The van der Waals surface area contributed by atoms with Crippen molar-refractivity contribution in [3.8, 4) is 0 Å². The van der Waals surface area contributed by atoms with Gasteiger partial charge in [-0.3, -0.25) is 0 Å². The molecule has 13 heteroatoms. The van der Waals surface area contributed by atoms with Gasteiger partial charge in [0, 0.05) is 0 Å². The lowest BCUT2D eigenvalue weighted by Gasteiger charge is -1.95. The van der Waals surface area contributed by atoms with Gasteiger partial charge in [-0.2, -0.15) is 0 Å². The van der Waals surface area contributed by atoms with E-state index in [1.807, 2.05) is 0 Å². The van der Waals surface area contributed by atoms with Gasteiger partial charge in [-0.1, -0.05) is 6.55 Å². The Kier molecular flexibility index (Phi) is 6.89. The van der Waals surface area contributed by atoms with Crippen LogP contribution in [0.4, 0.5) is 0 Å². The second-order valence-electron chi connectivity index (χ2n) is 2.41. The molecule has 0 saturated carbocycles. The highest BCUT2D eigenvalue weighted by Gasteiger charge is 2.38. The van der Waals surface area contributed by atoms with E-state index in [0.29, 0.717) is 0 Å². The molecule has 0 fully saturated rings. The molecule has 6 nitrogen and oxygen atoms in total. The maximum absolute atomic E-state index is 11.3. The zero-order valence-electron chi connectivity index (χ0n) is 7.18. The van der Waals surface area contributed by atoms with Crippen LogP contribution in [0.5, 0.6) is 0 Å². The van der Waals surface area contributed by atoms with Gasteiger partial charge in [0.15, 0.2) is 7.83 Å². The van der Waals surface area contributed by atoms with Gasteiger partial charge in [-0.05, 0) is 0 Å². The second-order valence-corrected chi connectivity index (χ2v) is 34.7. The quantitative estimate of drug-likeness (QED) is 0.470. The molecule has 0 aromatic heterocycles. The van der Waals surface area contributed by atoms with Gasteiger partial charge in [0.05, 0.1) is 0 Å². The molecular formula is CH6O6Si7. The monoisotopic (exact) mass is 310 g/mol. The van der Waals surface area contributed by atoms with E-state index in [4.69, 9.17) is 0 Å². The van der Waals surface area contributed by atoms with Crippen LogP contribution in [0.2, 0.25) is 6.55 Å². The molecule has 0 aromatic rings. The summed E-state index contributed by atoms with van der Waals surface area (Å²) in [6.07, 6.45) is 0. The molecule has 0 saturated heterocycles. The van der Waals surface area contributed by atoms with Crippen molar-refractivity contribution in [2.24, 2.45) is 0 Å². The van der Waals surface area contributed by atoms with Crippen molar-refractivity contribution < 1.29 is 26.8 Å². The summed E-state index contributed by atoms with van der Waals surface area (Å²) in [6.45, 7) is 1.44. The highest BCUT2D eigenvalue weighted by Crippen LogP contribution is 1.84. The van der Waals surface area contributed by atoms with Crippen molar-refractivity contribution in [1.82, 2.24) is 0 Å². The van der Waals surface area contributed by atoms with Crippen LogP contribution in [0.25, 0.3) is 0 Å². The highest BCUT2D eigenvalue weighted by molar-refractivity contribution is 7.71. The minimum absolute atomic E-state index is 1.44. The largest absolute Gasteiger partial charge is 0.389 e. The number of rotatable bonds is 6. The number of hydrogen-bond acceptors (Lipinski definition) is 6. The minimum Gasteiger partial charge on any atom is -0.389 e. The van der Waals surface area contributed by atoms with Crippen molar-refractivity contribution in [2.75, 3.05) is 0 Å². The van der Waals surface area contributed by atoms with Crippen molar-refractivity contribution in [3.05, 3.63) is 0 Å². The van der Waals surface area contributed by atoms with E-state index in [-0.39, 0.29) is 0 Å². The predicted molar refractivity (Wildman–Crippen MR) is 54.4 cm³/mol. The van der Waals surface area contributed by atoms with E-state index < -0.39 is 56.6 Å². The smallest absolute Gasteiger partial charge is 0.366 e. The molecule has 0 aliphatic rings. The summed E-state index contributed by atoms with van der Waals surface area (Å²) in [7, 11) is -15.8. The van der Waals surface area contributed by atoms with Crippen LogP contribution >= 0.6 is 0 Å². The first-order valence-corrected chi connectivity index (χ1v) is 20.5. The molecule has 14 heavy (non-hydrogen) atoms. The van der Waals surface area contributed by atoms with E-state index in [0.717, 1.165) is 0 Å². The third-order valence-corrected chi connectivity index (χ3v) is 49.5. The molecule has 0 N–H and O–H groups in total. The molecule has 0 aromatic carbocycles. The maximum atomic E-state index is 11.3. The molecule has 0 amide bonds. The first-order valence-electron chi connectivity index (χ1n) is 3.52. The summed E-state index contributed by atoms with van der Waals surface area (Å²) in [5.41, 5.74) is 0. The van der Waals surface area contributed by atoms with Crippen LogP contribution in [0, 0.1) is 0 Å². The van der Waals surface area contributed by atoms with E-state index in [1.165, 1.54) is 6.55 Å². The summed E-state index contributed by atoms with van der Waals surface area (Å²) in [5.74, 6) is 0. The van der Waals surface area contributed by atoms with Crippen molar-refractivity contribution in [1.29, 1.82) is 0 Å². The van der Waals surface area contributed by atoms with Crippen molar-refractivity contribution >= 4 is 56.6 Å².